The molecule has 0 aliphatic heterocycles. The largest absolute Gasteiger partial charge is 0.497 e. The van der Waals surface area contributed by atoms with Gasteiger partial charge in [0.2, 0.25) is 0 Å². The van der Waals surface area contributed by atoms with Crippen molar-refractivity contribution in [1.82, 2.24) is 4.98 Å². The maximum absolute atomic E-state index is 11.8. The predicted molar refractivity (Wildman–Crippen MR) is 81.8 cm³/mol. The molecule has 2 amide bonds. The highest BCUT2D eigenvalue weighted by Gasteiger charge is 2.16. The van der Waals surface area contributed by atoms with Crippen molar-refractivity contribution in [1.29, 1.82) is 0 Å². The molecule has 0 radical (unpaired) electrons. The standard InChI is InChI=1S/C14H15N3O3S/c1-8-9(2)21-14(15-8)17-13(19)12(18)16-10-5-4-6-11(7-10)20-3/h4-7H,1-3H3,(H,16,18)(H,15,17,19). The summed E-state index contributed by atoms with van der Waals surface area (Å²) in [4.78, 5) is 28.8. The maximum atomic E-state index is 11.8. The Morgan fingerprint density at radius 3 is 2.52 bits per heavy atom. The van der Waals surface area contributed by atoms with Gasteiger partial charge in [0.25, 0.3) is 0 Å². The van der Waals surface area contributed by atoms with Crippen molar-refractivity contribution >= 4 is 34.0 Å². The first-order valence-electron chi connectivity index (χ1n) is 6.20. The predicted octanol–water partition coefficient (Wildman–Crippen LogP) is 2.35. The van der Waals surface area contributed by atoms with Crippen LogP contribution in [0.1, 0.15) is 10.6 Å². The molecular weight excluding hydrogens is 290 g/mol. The normalized spacial score (nSPS) is 10.0. The number of rotatable bonds is 3. The van der Waals surface area contributed by atoms with E-state index in [4.69, 9.17) is 4.74 Å². The van der Waals surface area contributed by atoms with Gasteiger partial charge in [-0.15, -0.1) is 11.3 Å². The van der Waals surface area contributed by atoms with Crippen LogP contribution in [-0.4, -0.2) is 23.9 Å². The van der Waals surface area contributed by atoms with Gasteiger partial charge in [0.15, 0.2) is 5.13 Å². The lowest BCUT2D eigenvalue weighted by Crippen LogP contribution is -2.29. The number of thiazole rings is 1. The first-order chi connectivity index (χ1) is 9.99. The molecular formula is C14H15N3O3S. The van der Waals surface area contributed by atoms with E-state index in [0.29, 0.717) is 16.6 Å². The Bertz CT molecular complexity index is 662. The molecule has 2 aromatic rings. The summed E-state index contributed by atoms with van der Waals surface area (Å²) in [6, 6.07) is 6.77. The third-order valence-corrected chi connectivity index (χ3v) is 3.77. The van der Waals surface area contributed by atoms with E-state index in [1.54, 1.807) is 24.3 Å². The second-order valence-corrected chi connectivity index (χ2v) is 5.50. The fourth-order valence-corrected chi connectivity index (χ4v) is 2.38. The van der Waals surface area contributed by atoms with Gasteiger partial charge in [-0.3, -0.25) is 14.9 Å². The third kappa shape index (κ3) is 3.79. The number of hydrogen-bond donors (Lipinski definition) is 2. The van der Waals surface area contributed by atoms with E-state index >= 15 is 0 Å². The summed E-state index contributed by atoms with van der Waals surface area (Å²) in [5.41, 5.74) is 1.32. The zero-order valence-corrected chi connectivity index (χ0v) is 12.7. The van der Waals surface area contributed by atoms with Gasteiger partial charge in [-0.25, -0.2) is 4.98 Å². The summed E-state index contributed by atoms with van der Waals surface area (Å²) in [7, 11) is 1.53. The molecule has 1 aromatic carbocycles. The molecule has 6 nitrogen and oxygen atoms in total. The summed E-state index contributed by atoms with van der Waals surface area (Å²) < 4.78 is 5.05. The fourth-order valence-electron chi connectivity index (χ4n) is 1.57. The minimum atomic E-state index is -0.758. The van der Waals surface area contributed by atoms with Crippen LogP contribution in [0.3, 0.4) is 0 Å². The highest BCUT2D eigenvalue weighted by molar-refractivity contribution is 7.15. The molecule has 0 saturated carbocycles. The number of amides is 2. The number of carbonyl (C=O) groups is 2. The van der Waals surface area contributed by atoms with Crippen LogP contribution in [0.5, 0.6) is 5.75 Å². The molecule has 0 unspecified atom stereocenters. The zero-order chi connectivity index (χ0) is 15.4. The van der Waals surface area contributed by atoms with E-state index in [1.165, 1.54) is 18.4 Å². The van der Waals surface area contributed by atoms with Crippen LogP contribution in [0.4, 0.5) is 10.8 Å². The van der Waals surface area contributed by atoms with Gasteiger partial charge in [-0.1, -0.05) is 6.07 Å². The lowest BCUT2D eigenvalue weighted by Gasteiger charge is -2.06. The van der Waals surface area contributed by atoms with Crippen LogP contribution in [0.2, 0.25) is 0 Å². The number of nitrogens with one attached hydrogen (secondary N) is 2. The Hall–Kier alpha value is -2.41. The molecule has 2 N–H and O–H groups in total. The molecule has 0 spiro atoms. The van der Waals surface area contributed by atoms with E-state index < -0.39 is 11.8 Å². The van der Waals surface area contributed by atoms with Crippen molar-refractivity contribution < 1.29 is 14.3 Å². The Labute approximate surface area is 126 Å². The number of benzene rings is 1. The lowest BCUT2D eigenvalue weighted by molar-refractivity contribution is -0.133. The van der Waals surface area contributed by atoms with Crippen LogP contribution in [0.25, 0.3) is 0 Å². The second kappa shape index (κ2) is 6.36. The van der Waals surface area contributed by atoms with Crippen LogP contribution in [-0.2, 0) is 9.59 Å². The lowest BCUT2D eigenvalue weighted by atomic mass is 10.3. The molecule has 21 heavy (non-hydrogen) atoms. The molecule has 2 rings (SSSR count). The van der Waals surface area contributed by atoms with E-state index in [2.05, 4.69) is 15.6 Å². The number of methoxy groups -OCH3 is 1. The molecule has 0 aliphatic rings. The van der Waals surface area contributed by atoms with Gasteiger partial charge in [0.1, 0.15) is 5.75 Å². The van der Waals surface area contributed by atoms with Gasteiger partial charge in [0, 0.05) is 16.6 Å². The minimum Gasteiger partial charge on any atom is -0.497 e. The van der Waals surface area contributed by atoms with Crippen LogP contribution in [0.15, 0.2) is 24.3 Å². The quantitative estimate of drug-likeness (QED) is 0.853. The summed E-state index contributed by atoms with van der Waals surface area (Å²) >= 11 is 1.33. The first-order valence-corrected chi connectivity index (χ1v) is 7.01. The van der Waals surface area contributed by atoms with Crippen LogP contribution in [0, 0.1) is 13.8 Å². The van der Waals surface area contributed by atoms with E-state index in [1.807, 2.05) is 13.8 Å². The van der Waals surface area contributed by atoms with Crippen molar-refractivity contribution in [2.45, 2.75) is 13.8 Å². The van der Waals surface area contributed by atoms with Crippen molar-refractivity contribution in [2.75, 3.05) is 17.7 Å². The average molecular weight is 305 g/mol. The molecule has 0 bridgehead atoms. The molecule has 1 aromatic heterocycles. The molecule has 0 atom stereocenters. The second-order valence-electron chi connectivity index (χ2n) is 4.30. The Morgan fingerprint density at radius 2 is 1.90 bits per heavy atom. The smallest absolute Gasteiger partial charge is 0.315 e. The number of carbonyl (C=O) groups excluding carboxylic acids is 2. The monoisotopic (exact) mass is 305 g/mol. The Morgan fingerprint density at radius 1 is 1.19 bits per heavy atom. The number of aryl methyl sites for hydroxylation is 2. The van der Waals surface area contributed by atoms with Gasteiger partial charge < -0.3 is 10.1 Å². The van der Waals surface area contributed by atoms with Crippen LogP contribution >= 0.6 is 11.3 Å². The minimum absolute atomic E-state index is 0.413. The molecule has 0 aliphatic carbocycles. The van der Waals surface area contributed by atoms with Gasteiger partial charge in [-0.05, 0) is 26.0 Å². The summed E-state index contributed by atoms with van der Waals surface area (Å²) in [5.74, 6) is -0.917. The molecule has 0 saturated heterocycles. The summed E-state index contributed by atoms with van der Waals surface area (Å²) in [6.45, 7) is 3.75. The Kier molecular flexibility index (Phi) is 4.54. The zero-order valence-electron chi connectivity index (χ0n) is 11.9. The molecule has 7 heteroatoms. The van der Waals surface area contributed by atoms with Crippen LogP contribution < -0.4 is 15.4 Å². The van der Waals surface area contributed by atoms with Gasteiger partial charge in [0.05, 0.1) is 12.8 Å². The van der Waals surface area contributed by atoms with Crippen molar-refractivity contribution in [3.63, 3.8) is 0 Å². The number of ether oxygens (including phenoxy) is 1. The van der Waals surface area contributed by atoms with Crippen molar-refractivity contribution in [3.05, 3.63) is 34.8 Å². The number of aromatic nitrogens is 1. The van der Waals surface area contributed by atoms with Crippen molar-refractivity contribution in [3.8, 4) is 5.75 Å². The molecule has 110 valence electrons. The fraction of sp³-hybridized carbons (Fsp3) is 0.214. The number of hydrogen-bond acceptors (Lipinski definition) is 5. The van der Waals surface area contributed by atoms with Crippen molar-refractivity contribution in [2.24, 2.45) is 0 Å². The topological polar surface area (TPSA) is 80.3 Å². The maximum Gasteiger partial charge on any atom is 0.315 e. The average Bonchev–Trinajstić information content (AvgIpc) is 2.77. The first kappa shape index (κ1) is 15.0. The SMILES string of the molecule is COc1cccc(NC(=O)C(=O)Nc2nc(C)c(C)s2)c1. The van der Waals surface area contributed by atoms with Gasteiger partial charge >= 0.3 is 11.8 Å². The van der Waals surface area contributed by atoms with Gasteiger partial charge in [-0.2, -0.15) is 0 Å². The highest BCUT2D eigenvalue weighted by Crippen LogP contribution is 2.21. The van der Waals surface area contributed by atoms with E-state index in [0.717, 1.165) is 10.6 Å². The molecule has 1 heterocycles. The molecule has 0 fully saturated rings. The Balaban J connectivity index is 2.00. The highest BCUT2D eigenvalue weighted by atomic mass is 32.1. The number of anilines is 2. The summed E-state index contributed by atoms with van der Waals surface area (Å²) in [5, 5.41) is 5.39. The number of nitrogens with zero attached hydrogens (tertiary/aromatic N) is 1. The van der Waals surface area contributed by atoms with E-state index in [-0.39, 0.29) is 0 Å². The van der Waals surface area contributed by atoms with E-state index in [9.17, 15) is 9.59 Å². The summed E-state index contributed by atoms with van der Waals surface area (Å²) in [6.07, 6.45) is 0. The third-order valence-electron chi connectivity index (χ3n) is 2.78.